The van der Waals surface area contributed by atoms with E-state index >= 15 is 0 Å². The molecule has 1 aliphatic heterocycles. The molecule has 3 nitrogen and oxygen atoms in total. The Bertz CT molecular complexity index is 543. The molecule has 0 radical (unpaired) electrons. The van der Waals surface area contributed by atoms with Gasteiger partial charge in [-0.25, -0.2) is 17.2 Å². The van der Waals surface area contributed by atoms with Crippen LogP contribution in [0.15, 0.2) is 12.1 Å². The lowest BCUT2D eigenvalue weighted by Crippen LogP contribution is -2.32. The molecule has 0 aromatic heterocycles. The van der Waals surface area contributed by atoms with Gasteiger partial charge in [0.15, 0.2) is 5.82 Å². The maximum atomic E-state index is 13.7. The van der Waals surface area contributed by atoms with Crippen molar-refractivity contribution in [1.82, 2.24) is 0 Å². The van der Waals surface area contributed by atoms with Crippen molar-refractivity contribution in [2.45, 2.75) is 25.8 Å². The van der Waals surface area contributed by atoms with E-state index in [-0.39, 0.29) is 23.2 Å². The zero-order chi connectivity index (χ0) is 13.3. The minimum atomic E-state index is -2.96. The molecule has 1 fully saturated rings. The molecule has 1 N–H and O–H groups in total. The number of anilines is 1. The van der Waals surface area contributed by atoms with Crippen LogP contribution >= 0.6 is 0 Å². The first-order valence-electron chi connectivity index (χ1n) is 5.80. The highest BCUT2D eigenvalue weighted by Gasteiger charge is 2.25. The van der Waals surface area contributed by atoms with Crippen LogP contribution in [0.4, 0.5) is 14.5 Å². The first-order chi connectivity index (χ1) is 8.39. The van der Waals surface area contributed by atoms with Crippen molar-refractivity contribution < 1.29 is 17.2 Å². The van der Waals surface area contributed by atoms with Gasteiger partial charge in [0.2, 0.25) is 0 Å². The Kier molecular flexibility index (Phi) is 3.56. The molecular formula is C12H15F2NO2S. The highest BCUT2D eigenvalue weighted by atomic mass is 32.2. The number of aryl methyl sites for hydroxylation is 1. The molecule has 0 bridgehead atoms. The third kappa shape index (κ3) is 2.80. The van der Waals surface area contributed by atoms with Gasteiger partial charge in [0.1, 0.15) is 21.3 Å². The Balaban J connectivity index is 2.14. The van der Waals surface area contributed by atoms with Crippen LogP contribution in [-0.4, -0.2) is 26.0 Å². The molecule has 1 aromatic rings. The van der Waals surface area contributed by atoms with Crippen LogP contribution in [0.25, 0.3) is 0 Å². The maximum Gasteiger partial charge on any atom is 0.152 e. The molecule has 1 aliphatic rings. The van der Waals surface area contributed by atoms with E-state index < -0.39 is 21.5 Å². The molecule has 1 saturated heterocycles. The van der Waals surface area contributed by atoms with Crippen LogP contribution in [0.3, 0.4) is 0 Å². The summed E-state index contributed by atoms with van der Waals surface area (Å²) in [7, 11) is -2.96. The minimum Gasteiger partial charge on any atom is -0.377 e. The number of benzene rings is 1. The number of hydrogen-bond acceptors (Lipinski definition) is 3. The number of sulfone groups is 1. The SMILES string of the molecule is Cc1ccc(F)c(NC2CCS(=O)(=O)CC2)c1F. The molecule has 0 unspecified atom stereocenters. The van der Waals surface area contributed by atoms with Crippen molar-refractivity contribution in [2.24, 2.45) is 0 Å². The standard InChI is InChI=1S/C12H15F2NO2S/c1-8-2-3-10(13)12(11(8)14)15-9-4-6-18(16,17)7-5-9/h2-3,9,15H,4-7H2,1H3. The molecule has 0 atom stereocenters. The smallest absolute Gasteiger partial charge is 0.152 e. The van der Waals surface area contributed by atoms with Crippen molar-refractivity contribution in [3.05, 3.63) is 29.3 Å². The van der Waals surface area contributed by atoms with Crippen molar-refractivity contribution in [3.63, 3.8) is 0 Å². The summed E-state index contributed by atoms with van der Waals surface area (Å²) in [5.74, 6) is -1.12. The topological polar surface area (TPSA) is 46.2 Å². The van der Waals surface area contributed by atoms with Gasteiger partial charge in [-0.05, 0) is 31.4 Å². The van der Waals surface area contributed by atoms with Gasteiger partial charge in [0, 0.05) is 6.04 Å². The molecule has 0 amide bonds. The summed E-state index contributed by atoms with van der Waals surface area (Å²) in [6.07, 6.45) is 0.768. The lowest BCUT2D eigenvalue weighted by Gasteiger charge is -2.24. The summed E-state index contributed by atoms with van der Waals surface area (Å²) in [4.78, 5) is 0. The van der Waals surface area contributed by atoms with Crippen LogP contribution in [0.5, 0.6) is 0 Å². The summed E-state index contributed by atoms with van der Waals surface area (Å²) in [5, 5.41) is 2.78. The first-order valence-corrected chi connectivity index (χ1v) is 7.63. The maximum absolute atomic E-state index is 13.7. The van der Waals surface area contributed by atoms with Crippen molar-refractivity contribution >= 4 is 15.5 Å². The quantitative estimate of drug-likeness (QED) is 0.900. The van der Waals surface area contributed by atoms with Gasteiger partial charge < -0.3 is 5.32 Å². The summed E-state index contributed by atoms with van der Waals surface area (Å²) in [6, 6.07) is 2.39. The summed E-state index contributed by atoms with van der Waals surface area (Å²) >= 11 is 0. The van der Waals surface area contributed by atoms with Crippen LogP contribution in [0, 0.1) is 18.6 Å². The fourth-order valence-electron chi connectivity index (χ4n) is 2.03. The summed E-state index contributed by atoms with van der Waals surface area (Å²) in [6.45, 7) is 1.56. The Hall–Kier alpha value is -1.17. The monoisotopic (exact) mass is 275 g/mol. The minimum absolute atomic E-state index is 0.0692. The normalized spacial score (nSPS) is 19.7. The van der Waals surface area contributed by atoms with E-state index in [2.05, 4.69) is 5.32 Å². The fourth-order valence-corrected chi connectivity index (χ4v) is 3.52. The van der Waals surface area contributed by atoms with Gasteiger partial charge in [0.25, 0.3) is 0 Å². The largest absolute Gasteiger partial charge is 0.377 e. The zero-order valence-electron chi connectivity index (χ0n) is 10.0. The zero-order valence-corrected chi connectivity index (χ0v) is 10.9. The van der Waals surface area contributed by atoms with Crippen LogP contribution in [-0.2, 0) is 9.84 Å². The van der Waals surface area contributed by atoms with Gasteiger partial charge >= 0.3 is 0 Å². The number of nitrogens with one attached hydrogen (secondary N) is 1. The highest BCUT2D eigenvalue weighted by molar-refractivity contribution is 7.91. The molecule has 1 heterocycles. The van der Waals surface area contributed by atoms with Crippen LogP contribution < -0.4 is 5.32 Å². The third-order valence-electron chi connectivity index (χ3n) is 3.19. The molecule has 100 valence electrons. The van der Waals surface area contributed by atoms with E-state index in [0.29, 0.717) is 18.4 Å². The van der Waals surface area contributed by atoms with Crippen molar-refractivity contribution in [2.75, 3.05) is 16.8 Å². The van der Waals surface area contributed by atoms with Crippen molar-refractivity contribution in [3.8, 4) is 0 Å². The second kappa shape index (κ2) is 4.84. The van der Waals surface area contributed by atoms with Gasteiger partial charge in [-0.1, -0.05) is 6.07 Å². The molecule has 6 heteroatoms. The highest BCUT2D eigenvalue weighted by Crippen LogP contribution is 2.25. The summed E-state index contributed by atoms with van der Waals surface area (Å²) in [5.41, 5.74) is 0.210. The number of hydrogen-bond donors (Lipinski definition) is 1. The Morgan fingerprint density at radius 2 is 1.83 bits per heavy atom. The van der Waals surface area contributed by atoms with Gasteiger partial charge in [-0.3, -0.25) is 0 Å². The third-order valence-corrected chi connectivity index (χ3v) is 4.90. The molecule has 0 saturated carbocycles. The molecule has 0 spiro atoms. The molecular weight excluding hydrogens is 260 g/mol. The van der Waals surface area contributed by atoms with Crippen LogP contribution in [0.1, 0.15) is 18.4 Å². The number of halogens is 2. The molecule has 1 aromatic carbocycles. The van der Waals surface area contributed by atoms with Crippen molar-refractivity contribution in [1.29, 1.82) is 0 Å². The summed E-state index contributed by atoms with van der Waals surface area (Å²) < 4.78 is 49.8. The average Bonchev–Trinajstić information content (AvgIpc) is 2.32. The van der Waals surface area contributed by atoms with E-state index in [1.165, 1.54) is 12.1 Å². The van der Waals surface area contributed by atoms with E-state index in [0.717, 1.165) is 0 Å². The van der Waals surface area contributed by atoms with Gasteiger partial charge in [-0.15, -0.1) is 0 Å². The first kappa shape index (κ1) is 13.3. The molecule has 18 heavy (non-hydrogen) atoms. The van der Waals surface area contributed by atoms with Crippen LogP contribution in [0.2, 0.25) is 0 Å². The van der Waals surface area contributed by atoms with E-state index in [9.17, 15) is 17.2 Å². The lowest BCUT2D eigenvalue weighted by atomic mass is 10.1. The molecule has 2 rings (SSSR count). The fraction of sp³-hybridized carbons (Fsp3) is 0.500. The van der Waals surface area contributed by atoms with E-state index in [1.54, 1.807) is 6.92 Å². The molecule has 0 aliphatic carbocycles. The Labute approximate surface area is 105 Å². The second-order valence-electron chi connectivity index (χ2n) is 4.62. The Morgan fingerprint density at radius 1 is 1.22 bits per heavy atom. The van der Waals surface area contributed by atoms with E-state index in [1.807, 2.05) is 0 Å². The average molecular weight is 275 g/mol. The van der Waals surface area contributed by atoms with E-state index in [4.69, 9.17) is 0 Å². The Morgan fingerprint density at radius 3 is 2.44 bits per heavy atom. The predicted molar refractivity (Wildman–Crippen MR) is 66.4 cm³/mol. The second-order valence-corrected chi connectivity index (χ2v) is 6.93. The van der Waals surface area contributed by atoms with Gasteiger partial charge in [0.05, 0.1) is 11.5 Å². The number of rotatable bonds is 2. The lowest BCUT2D eigenvalue weighted by molar-refractivity contribution is 0.548. The van der Waals surface area contributed by atoms with Gasteiger partial charge in [-0.2, -0.15) is 0 Å². The predicted octanol–water partition coefficient (Wildman–Crippen LogP) is 2.26.